The molecular formula is C19H18N4O3S. The van der Waals surface area contributed by atoms with Crippen molar-refractivity contribution in [3.63, 3.8) is 0 Å². The highest BCUT2D eigenvalue weighted by Gasteiger charge is 2.13. The van der Waals surface area contributed by atoms with Gasteiger partial charge in [-0.15, -0.1) is 10.2 Å². The molecule has 0 unspecified atom stereocenters. The number of carbonyl (C=O) groups is 1. The Hall–Kier alpha value is -3.00. The van der Waals surface area contributed by atoms with Crippen LogP contribution in [0.1, 0.15) is 6.42 Å². The molecule has 8 heteroatoms. The second-order valence-electron chi connectivity index (χ2n) is 5.87. The van der Waals surface area contributed by atoms with Crippen molar-refractivity contribution < 1.29 is 14.3 Å². The highest BCUT2D eigenvalue weighted by Crippen LogP contribution is 2.32. The lowest BCUT2D eigenvalue weighted by atomic mass is 10.2. The molecule has 2 heterocycles. The number of fused-ring (bicyclic) bond motifs is 1. The van der Waals surface area contributed by atoms with Gasteiger partial charge in [0.2, 0.25) is 5.91 Å². The van der Waals surface area contributed by atoms with E-state index in [1.165, 1.54) is 11.8 Å². The molecule has 1 N–H and O–H groups in total. The first-order valence-electron chi connectivity index (χ1n) is 8.57. The van der Waals surface area contributed by atoms with Crippen molar-refractivity contribution >= 4 is 23.4 Å². The van der Waals surface area contributed by atoms with Gasteiger partial charge in [0.1, 0.15) is 6.33 Å². The van der Waals surface area contributed by atoms with E-state index in [1.54, 1.807) is 12.4 Å². The number of rotatable bonds is 5. The molecule has 1 aromatic heterocycles. The predicted molar refractivity (Wildman–Crippen MR) is 103 cm³/mol. The standard InChI is InChI=1S/C19H18N4O3S/c24-18(21-14-7-8-16-17(11-14)26-10-4-9-25-16)12-27-19-22-20-13-23(19)15-5-2-1-3-6-15/h1-3,5-8,11,13H,4,9-10,12H2,(H,21,24). The maximum absolute atomic E-state index is 12.3. The highest BCUT2D eigenvalue weighted by molar-refractivity contribution is 7.99. The number of anilines is 1. The zero-order valence-corrected chi connectivity index (χ0v) is 15.3. The summed E-state index contributed by atoms with van der Waals surface area (Å²) in [6.07, 6.45) is 2.48. The van der Waals surface area contributed by atoms with Crippen LogP contribution in [-0.2, 0) is 4.79 Å². The summed E-state index contributed by atoms with van der Waals surface area (Å²) in [5.41, 5.74) is 1.63. The first kappa shape index (κ1) is 17.4. The number of amides is 1. The van der Waals surface area contributed by atoms with Gasteiger partial charge in [-0.05, 0) is 24.3 Å². The van der Waals surface area contributed by atoms with Crippen LogP contribution in [0.4, 0.5) is 5.69 Å². The number of nitrogens with one attached hydrogen (secondary N) is 1. The van der Waals surface area contributed by atoms with Crippen LogP contribution >= 0.6 is 11.8 Å². The van der Waals surface area contributed by atoms with E-state index in [0.717, 1.165) is 12.1 Å². The first-order chi connectivity index (χ1) is 13.3. The van der Waals surface area contributed by atoms with Gasteiger partial charge in [0.15, 0.2) is 16.7 Å². The van der Waals surface area contributed by atoms with Gasteiger partial charge in [-0.25, -0.2) is 0 Å². The maximum Gasteiger partial charge on any atom is 0.234 e. The van der Waals surface area contributed by atoms with Crippen molar-refractivity contribution in [1.29, 1.82) is 0 Å². The second-order valence-corrected chi connectivity index (χ2v) is 6.81. The van der Waals surface area contributed by atoms with Gasteiger partial charge in [-0.3, -0.25) is 9.36 Å². The topological polar surface area (TPSA) is 78.3 Å². The molecule has 0 atom stereocenters. The number of aromatic nitrogens is 3. The summed E-state index contributed by atoms with van der Waals surface area (Å²) < 4.78 is 13.1. The Morgan fingerprint density at radius 3 is 2.78 bits per heavy atom. The molecule has 1 amide bonds. The third kappa shape index (κ3) is 4.22. The fourth-order valence-electron chi connectivity index (χ4n) is 2.66. The molecule has 1 aliphatic heterocycles. The summed E-state index contributed by atoms with van der Waals surface area (Å²) in [5.74, 6) is 1.45. The number of hydrogen-bond acceptors (Lipinski definition) is 6. The van der Waals surface area contributed by atoms with Gasteiger partial charge in [-0.1, -0.05) is 30.0 Å². The molecule has 0 aliphatic carbocycles. The Bertz CT molecular complexity index is 930. The van der Waals surface area contributed by atoms with E-state index in [-0.39, 0.29) is 11.7 Å². The molecule has 0 saturated heterocycles. The normalized spacial score (nSPS) is 13.0. The average molecular weight is 382 g/mol. The molecular weight excluding hydrogens is 364 g/mol. The van der Waals surface area contributed by atoms with Crippen LogP contribution in [0.3, 0.4) is 0 Å². The fourth-order valence-corrected chi connectivity index (χ4v) is 3.39. The summed E-state index contributed by atoms with van der Waals surface area (Å²) >= 11 is 1.33. The second kappa shape index (κ2) is 8.13. The quantitative estimate of drug-likeness (QED) is 0.683. The molecule has 0 saturated carbocycles. The van der Waals surface area contributed by atoms with E-state index in [9.17, 15) is 4.79 Å². The number of hydrogen-bond donors (Lipinski definition) is 1. The summed E-state index contributed by atoms with van der Waals surface area (Å²) in [6.45, 7) is 1.24. The number of benzene rings is 2. The van der Waals surface area contributed by atoms with Crippen LogP contribution in [-0.4, -0.2) is 39.6 Å². The highest BCUT2D eigenvalue weighted by atomic mass is 32.2. The number of thioether (sulfide) groups is 1. The monoisotopic (exact) mass is 382 g/mol. The summed E-state index contributed by atoms with van der Waals surface area (Å²) in [6, 6.07) is 15.2. The number of ether oxygens (including phenoxy) is 2. The lowest BCUT2D eigenvalue weighted by molar-refractivity contribution is -0.113. The number of nitrogens with zero attached hydrogens (tertiary/aromatic N) is 3. The maximum atomic E-state index is 12.3. The SMILES string of the molecule is O=C(CSc1nncn1-c1ccccc1)Nc1ccc2c(c1)OCCCO2. The van der Waals surface area contributed by atoms with Crippen LogP contribution in [0.25, 0.3) is 5.69 Å². The lowest BCUT2D eigenvalue weighted by Crippen LogP contribution is -2.14. The average Bonchev–Trinajstić information content (AvgIpc) is 3.04. The van der Waals surface area contributed by atoms with Crippen LogP contribution in [0.5, 0.6) is 11.5 Å². The lowest BCUT2D eigenvalue weighted by Gasteiger charge is -2.10. The Balaban J connectivity index is 1.38. The Kier molecular flexibility index (Phi) is 5.24. The van der Waals surface area contributed by atoms with Gasteiger partial charge >= 0.3 is 0 Å². The van der Waals surface area contributed by atoms with Gasteiger partial charge in [-0.2, -0.15) is 0 Å². The minimum absolute atomic E-state index is 0.128. The van der Waals surface area contributed by atoms with E-state index in [0.29, 0.717) is 35.6 Å². The molecule has 0 spiro atoms. The van der Waals surface area contributed by atoms with Gasteiger partial charge in [0.25, 0.3) is 0 Å². The molecule has 3 aromatic rings. The summed E-state index contributed by atoms with van der Waals surface area (Å²) in [5, 5.41) is 11.6. The van der Waals surface area contributed by atoms with Gasteiger partial charge in [0.05, 0.1) is 19.0 Å². The van der Waals surface area contributed by atoms with Crippen molar-refractivity contribution in [3.05, 3.63) is 54.9 Å². The molecule has 7 nitrogen and oxygen atoms in total. The number of para-hydroxylation sites is 1. The van der Waals surface area contributed by atoms with Crippen molar-refractivity contribution in [2.75, 3.05) is 24.3 Å². The Labute approximate surface area is 160 Å². The third-order valence-corrected chi connectivity index (χ3v) is 4.86. The van der Waals surface area contributed by atoms with Crippen molar-refractivity contribution in [3.8, 4) is 17.2 Å². The first-order valence-corrected chi connectivity index (χ1v) is 9.56. The minimum Gasteiger partial charge on any atom is -0.490 e. The molecule has 4 rings (SSSR count). The molecule has 138 valence electrons. The van der Waals surface area contributed by atoms with E-state index in [1.807, 2.05) is 47.0 Å². The Morgan fingerprint density at radius 2 is 1.93 bits per heavy atom. The zero-order valence-electron chi connectivity index (χ0n) is 14.5. The van der Waals surface area contributed by atoms with E-state index in [2.05, 4.69) is 15.5 Å². The van der Waals surface area contributed by atoms with Crippen LogP contribution in [0, 0.1) is 0 Å². The van der Waals surface area contributed by atoms with Gasteiger partial charge < -0.3 is 14.8 Å². The smallest absolute Gasteiger partial charge is 0.234 e. The minimum atomic E-state index is -0.128. The summed E-state index contributed by atoms with van der Waals surface area (Å²) in [4.78, 5) is 12.3. The predicted octanol–water partition coefficient (Wildman–Crippen LogP) is 3.16. The third-order valence-electron chi connectivity index (χ3n) is 3.91. The van der Waals surface area contributed by atoms with Gasteiger partial charge in [0, 0.05) is 23.9 Å². The zero-order chi connectivity index (χ0) is 18.5. The molecule has 1 aliphatic rings. The fraction of sp³-hybridized carbons (Fsp3) is 0.211. The van der Waals surface area contributed by atoms with Crippen LogP contribution in [0.15, 0.2) is 60.0 Å². The van der Waals surface area contributed by atoms with Crippen LogP contribution < -0.4 is 14.8 Å². The largest absolute Gasteiger partial charge is 0.490 e. The molecule has 0 fully saturated rings. The number of carbonyl (C=O) groups excluding carboxylic acids is 1. The van der Waals surface area contributed by atoms with Crippen LogP contribution in [0.2, 0.25) is 0 Å². The van der Waals surface area contributed by atoms with Crippen molar-refractivity contribution in [2.24, 2.45) is 0 Å². The van der Waals surface area contributed by atoms with Crippen molar-refractivity contribution in [1.82, 2.24) is 14.8 Å². The Morgan fingerprint density at radius 1 is 1.11 bits per heavy atom. The van der Waals surface area contributed by atoms with E-state index in [4.69, 9.17) is 9.47 Å². The van der Waals surface area contributed by atoms with E-state index < -0.39 is 0 Å². The van der Waals surface area contributed by atoms with E-state index >= 15 is 0 Å². The molecule has 27 heavy (non-hydrogen) atoms. The summed E-state index contributed by atoms with van der Waals surface area (Å²) in [7, 11) is 0. The molecule has 0 bridgehead atoms. The molecule has 2 aromatic carbocycles. The van der Waals surface area contributed by atoms with Crippen molar-refractivity contribution in [2.45, 2.75) is 11.6 Å². The molecule has 0 radical (unpaired) electrons.